The molecule has 1 heteroatoms. The smallest absolute Gasteiger partial charge is 0.136 e. The Bertz CT molecular complexity index is 385. The Morgan fingerprint density at radius 2 is 1.70 bits per heavy atom. The van der Waals surface area contributed by atoms with Crippen LogP contribution in [-0.2, 0) is 12.1 Å². The number of hydrogen-bond acceptors (Lipinski definition) is 0. The van der Waals surface area contributed by atoms with Crippen molar-refractivity contribution in [3.63, 3.8) is 0 Å². The Morgan fingerprint density at radius 1 is 1.05 bits per heavy atom. The normalized spacial score (nSPS) is 26.6. The highest BCUT2D eigenvalue weighted by molar-refractivity contribution is 5.28. The van der Waals surface area contributed by atoms with E-state index in [0.29, 0.717) is 12.8 Å². The largest absolute Gasteiger partial charge is 0.239 e. The van der Waals surface area contributed by atoms with Crippen LogP contribution in [0.3, 0.4) is 0 Å². The summed E-state index contributed by atoms with van der Waals surface area (Å²) in [6, 6.07) is 8.28. The number of aryl methyl sites for hydroxylation is 1. The lowest BCUT2D eigenvalue weighted by atomic mass is 9.75. The molecule has 2 rings (SSSR count). The third kappa shape index (κ3) is 3.84. The summed E-state index contributed by atoms with van der Waals surface area (Å²) in [7, 11) is 0. The van der Waals surface area contributed by atoms with Crippen molar-refractivity contribution >= 4 is 0 Å². The van der Waals surface area contributed by atoms with E-state index in [4.69, 9.17) is 0 Å². The third-order valence-electron chi connectivity index (χ3n) is 4.87. The maximum Gasteiger partial charge on any atom is 0.136 e. The van der Waals surface area contributed by atoms with E-state index in [9.17, 15) is 0 Å². The van der Waals surface area contributed by atoms with E-state index in [0.717, 1.165) is 37.2 Å². The number of benzene rings is 1. The van der Waals surface area contributed by atoms with E-state index < -0.39 is 5.67 Å². The second-order valence-electron chi connectivity index (χ2n) is 6.50. The lowest BCUT2D eigenvalue weighted by Gasteiger charge is -2.34. The molecule has 0 radical (unpaired) electrons. The molecule has 1 aromatic carbocycles. The van der Waals surface area contributed by atoms with E-state index in [-0.39, 0.29) is 0 Å². The molecule has 1 aliphatic carbocycles. The number of unbranched alkanes of at least 4 members (excludes halogenated alkanes) is 1. The van der Waals surface area contributed by atoms with Crippen molar-refractivity contribution in [3.8, 4) is 0 Å². The zero-order chi connectivity index (χ0) is 14.4. The van der Waals surface area contributed by atoms with Gasteiger partial charge in [0.15, 0.2) is 0 Å². The molecule has 0 atom stereocenters. The average molecular weight is 276 g/mol. The highest BCUT2D eigenvalue weighted by Gasteiger charge is 2.36. The highest BCUT2D eigenvalue weighted by Crippen LogP contribution is 2.44. The van der Waals surface area contributed by atoms with Gasteiger partial charge in [-0.3, -0.25) is 0 Å². The van der Waals surface area contributed by atoms with Crippen molar-refractivity contribution in [2.75, 3.05) is 0 Å². The monoisotopic (exact) mass is 276 g/mol. The first-order valence-electron chi connectivity index (χ1n) is 8.46. The summed E-state index contributed by atoms with van der Waals surface area (Å²) in [5, 5.41) is 0. The van der Waals surface area contributed by atoms with Crippen LogP contribution in [0.4, 0.5) is 4.39 Å². The van der Waals surface area contributed by atoms with Crippen LogP contribution in [0.5, 0.6) is 0 Å². The first-order chi connectivity index (χ1) is 9.68. The molecule has 0 nitrogen and oxygen atoms in total. The Kier molecular flexibility index (Phi) is 5.63. The maximum atomic E-state index is 15.1. The predicted molar refractivity (Wildman–Crippen MR) is 84.7 cm³/mol. The van der Waals surface area contributed by atoms with Crippen LogP contribution in [0.15, 0.2) is 24.3 Å². The molecule has 0 saturated heterocycles. The van der Waals surface area contributed by atoms with Gasteiger partial charge in [0.25, 0.3) is 0 Å². The minimum absolute atomic E-state index is 0.717. The molecule has 1 fully saturated rings. The van der Waals surface area contributed by atoms with E-state index in [1.807, 2.05) is 12.1 Å². The van der Waals surface area contributed by atoms with Crippen LogP contribution in [-0.4, -0.2) is 0 Å². The number of halogens is 1. The SMILES string of the molecule is CCCCC1CCC(F)(c2ccc(CCC)cc2)CC1. The molecule has 0 heterocycles. The predicted octanol–water partition coefficient (Wildman–Crippen LogP) is 6.18. The van der Waals surface area contributed by atoms with Crippen molar-refractivity contribution in [2.24, 2.45) is 5.92 Å². The summed E-state index contributed by atoms with van der Waals surface area (Å²) in [4.78, 5) is 0. The van der Waals surface area contributed by atoms with Gasteiger partial charge in [0.05, 0.1) is 0 Å². The molecule has 0 amide bonds. The Morgan fingerprint density at radius 3 is 2.25 bits per heavy atom. The van der Waals surface area contributed by atoms with E-state index in [1.165, 1.54) is 24.8 Å². The summed E-state index contributed by atoms with van der Waals surface area (Å²) in [5.41, 5.74) is 1.18. The molecule has 0 unspecified atom stereocenters. The van der Waals surface area contributed by atoms with Crippen molar-refractivity contribution in [1.82, 2.24) is 0 Å². The van der Waals surface area contributed by atoms with Crippen LogP contribution in [0.2, 0.25) is 0 Å². The Hall–Kier alpha value is -0.850. The molecule has 20 heavy (non-hydrogen) atoms. The highest BCUT2D eigenvalue weighted by atomic mass is 19.1. The molecule has 0 spiro atoms. The van der Waals surface area contributed by atoms with Gasteiger partial charge in [-0.2, -0.15) is 0 Å². The molecule has 1 aliphatic rings. The van der Waals surface area contributed by atoms with Gasteiger partial charge in [-0.1, -0.05) is 63.8 Å². The minimum Gasteiger partial charge on any atom is -0.239 e. The average Bonchev–Trinajstić information content (AvgIpc) is 2.48. The summed E-state index contributed by atoms with van der Waals surface area (Å²) in [6.45, 7) is 4.42. The zero-order valence-electron chi connectivity index (χ0n) is 13.1. The van der Waals surface area contributed by atoms with Gasteiger partial charge in [-0.05, 0) is 49.1 Å². The van der Waals surface area contributed by atoms with Crippen molar-refractivity contribution in [1.29, 1.82) is 0 Å². The fraction of sp³-hybridized carbons (Fsp3) is 0.684. The summed E-state index contributed by atoms with van der Waals surface area (Å²) in [5.74, 6) is 0.762. The summed E-state index contributed by atoms with van der Waals surface area (Å²) in [6.07, 6.45) is 9.66. The van der Waals surface area contributed by atoms with Gasteiger partial charge < -0.3 is 0 Å². The molecule has 1 saturated carbocycles. The van der Waals surface area contributed by atoms with Crippen LogP contribution in [0, 0.1) is 5.92 Å². The van der Waals surface area contributed by atoms with E-state index in [2.05, 4.69) is 26.0 Å². The van der Waals surface area contributed by atoms with Crippen molar-refractivity contribution in [3.05, 3.63) is 35.4 Å². The van der Waals surface area contributed by atoms with Crippen molar-refractivity contribution in [2.45, 2.75) is 77.3 Å². The third-order valence-corrected chi connectivity index (χ3v) is 4.87. The van der Waals surface area contributed by atoms with Crippen LogP contribution < -0.4 is 0 Å². The fourth-order valence-electron chi connectivity index (χ4n) is 3.46. The van der Waals surface area contributed by atoms with Gasteiger partial charge in [-0.25, -0.2) is 4.39 Å². The standard InChI is InChI=1S/C19H29F/c1-3-5-7-17-12-14-19(20,15-13-17)18-10-8-16(6-4-2)9-11-18/h8-11,17H,3-7,12-15H2,1-2H3. The number of hydrogen-bond donors (Lipinski definition) is 0. The molecule has 0 aromatic heterocycles. The van der Waals surface area contributed by atoms with Gasteiger partial charge in [0.2, 0.25) is 0 Å². The topological polar surface area (TPSA) is 0 Å². The van der Waals surface area contributed by atoms with Gasteiger partial charge in [-0.15, -0.1) is 0 Å². The maximum absolute atomic E-state index is 15.1. The summed E-state index contributed by atoms with van der Waals surface area (Å²) < 4.78 is 15.1. The zero-order valence-corrected chi connectivity index (χ0v) is 13.1. The number of alkyl halides is 1. The Balaban J connectivity index is 1.94. The molecular formula is C19H29F. The molecule has 0 bridgehead atoms. The minimum atomic E-state index is -1.06. The fourth-order valence-corrected chi connectivity index (χ4v) is 3.46. The second-order valence-corrected chi connectivity index (χ2v) is 6.50. The number of rotatable bonds is 6. The molecule has 0 aliphatic heterocycles. The Labute approximate surface area is 123 Å². The van der Waals surface area contributed by atoms with Crippen LogP contribution in [0.1, 0.15) is 76.3 Å². The first kappa shape index (κ1) is 15.5. The van der Waals surface area contributed by atoms with Crippen LogP contribution >= 0.6 is 0 Å². The second kappa shape index (κ2) is 7.24. The summed E-state index contributed by atoms with van der Waals surface area (Å²) >= 11 is 0. The van der Waals surface area contributed by atoms with Crippen LogP contribution in [0.25, 0.3) is 0 Å². The first-order valence-corrected chi connectivity index (χ1v) is 8.46. The van der Waals surface area contributed by atoms with Crippen molar-refractivity contribution < 1.29 is 4.39 Å². The molecular weight excluding hydrogens is 247 g/mol. The van der Waals surface area contributed by atoms with E-state index in [1.54, 1.807) is 0 Å². The lowest BCUT2D eigenvalue weighted by Crippen LogP contribution is -2.27. The van der Waals surface area contributed by atoms with Gasteiger partial charge >= 0.3 is 0 Å². The van der Waals surface area contributed by atoms with Gasteiger partial charge in [0, 0.05) is 0 Å². The molecule has 0 N–H and O–H groups in total. The lowest BCUT2D eigenvalue weighted by molar-refractivity contribution is 0.0788. The quantitative estimate of drug-likeness (QED) is 0.581. The van der Waals surface area contributed by atoms with E-state index >= 15 is 4.39 Å². The molecule has 112 valence electrons. The molecule has 1 aromatic rings. The van der Waals surface area contributed by atoms with Gasteiger partial charge in [0.1, 0.15) is 5.67 Å².